The molecule has 0 spiro atoms. The van der Waals surface area contributed by atoms with E-state index in [-0.39, 0.29) is 18.7 Å². The Balaban J connectivity index is 4.09. The molecule has 0 rings (SSSR count). The molecule has 0 saturated carbocycles. The van der Waals surface area contributed by atoms with Crippen LogP contribution >= 0.6 is 0 Å². The second-order valence-corrected chi connectivity index (χ2v) is 2.37. The zero-order valence-electron chi connectivity index (χ0n) is 7.36. The van der Waals surface area contributed by atoms with Crippen LogP contribution in [0.1, 0.15) is 12.8 Å². The fourth-order valence-electron chi connectivity index (χ4n) is 0.767. The minimum absolute atomic E-state index is 0.0805. The third kappa shape index (κ3) is 4.72. The number of primary amides is 1. The van der Waals surface area contributed by atoms with Crippen LogP contribution in [-0.4, -0.2) is 24.9 Å². The van der Waals surface area contributed by atoms with E-state index in [1.54, 1.807) is 0 Å². The molecular formula is C6H13N5O2. The zero-order chi connectivity index (χ0) is 10.3. The molecule has 7 nitrogen and oxygen atoms in total. The summed E-state index contributed by atoms with van der Waals surface area (Å²) in [6.45, 7) is 0. The standard InChI is InChI=1S/C6H13N5O2/c1-9-6(13)4(10-11-8)2-3-5(7)12/h4H,2-3H2,1H3,(H2,7,12)(H2,8,10)(H,9,13). The van der Waals surface area contributed by atoms with E-state index in [1.165, 1.54) is 7.05 Å². The van der Waals surface area contributed by atoms with Gasteiger partial charge in [0.2, 0.25) is 11.8 Å². The molecule has 74 valence electrons. The van der Waals surface area contributed by atoms with E-state index in [9.17, 15) is 9.59 Å². The maximum Gasteiger partial charge on any atom is 0.246 e. The highest BCUT2D eigenvalue weighted by molar-refractivity contribution is 5.82. The predicted molar refractivity (Wildman–Crippen MR) is 45.3 cm³/mol. The van der Waals surface area contributed by atoms with Crippen molar-refractivity contribution in [2.24, 2.45) is 21.9 Å². The molecule has 1 atom stereocenters. The van der Waals surface area contributed by atoms with Crippen molar-refractivity contribution < 1.29 is 9.59 Å². The fourth-order valence-corrected chi connectivity index (χ4v) is 0.767. The molecule has 0 aliphatic rings. The SMILES string of the molecule is CNC(=O)C(CCC(N)=O)N=NN. The summed E-state index contributed by atoms with van der Waals surface area (Å²) in [5, 5.41) is 8.82. The summed E-state index contributed by atoms with van der Waals surface area (Å²) in [5.74, 6) is 3.97. The highest BCUT2D eigenvalue weighted by atomic mass is 16.2. The molecule has 0 heterocycles. The molecule has 0 aromatic rings. The molecular weight excluding hydrogens is 174 g/mol. The van der Waals surface area contributed by atoms with Crippen LogP contribution in [0.2, 0.25) is 0 Å². The van der Waals surface area contributed by atoms with Crippen LogP contribution in [0.25, 0.3) is 0 Å². The molecule has 0 aliphatic heterocycles. The number of nitrogens with zero attached hydrogens (tertiary/aromatic N) is 2. The topological polar surface area (TPSA) is 123 Å². The molecule has 13 heavy (non-hydrogen) atoms. The third-order valence-corrected chi connectivity index (χ3v) is 1.42. The molecule has 0 fully saturated rings. The summed E-state index contributed by atoms with van der Waals surface area (Å²) < 4.78 is 0. The molecule has 2 amide bonds. The Kier molecular flexibility index (Phi) is 5.17. The number of hydrogen-bond donors (Lipinski definition) is 3. The summed E-state index contributed by atoms with van der Waals surface area (Å²) >= 11 is 0. The average molecular weight is 187 g/mol. The van der Waals surface area contributed by atoms with Gasteiger partial charge in [-0.25, -0.2) is 0 Å². The molecule has 0 aromatic heterocycles. The monoisotopic (exact) mass is 187 g/mol. The molecule has 5 N–H and O–H groups in total. The van der Waals surface area contributed by atoms with E-state index < -0.39 is 11.9 Å². The van der Waals surface area contributed by atoms with Gasteiger partial charge in [0.1, 0.15) is 0 Å². The highest BCUT2D eigenvalue weighted by Gasteiger charge is 2.16. The van der Waals surface area contributed by atoms with E-state index in [1.807, 2.05) is 0 Å². The van der Waals surface area contributed by atoms with Gasteiger partial charge in [0.15, 0.2) is 6.04 Å². The Labute approximate surface area is 75.5 Å². The van der Waals surface area contributed by atoms with Crippen molar-refractivity contribution in [3.05, 3.63) is 0 Å². The lowest BCUT2D eigenvalue weighted by Gasteiger charge is -2.06. The normalized spacial score (nSPS) is 12.7. The number of carbonyl (C=O) groups is 2. The Morgan fingerprint density at radius 2 is 2.15 bits per heavy atom. The number of carbonyl (C=O) groups excluding carboxylic acids is 2. The number of amides is 2. The van der Waals surface area contributed by atoms with Crippen LogP contribution in [0.5, 0.6) is 0 Å². The van der Waals surface area contributed by atoms with Crippen molar-refractivity contribution in [3.63, 3.8) is 0 Å². The maximum atomic E-state index is 11.0. The largest absolute Gasteiger partial charge is 0.370 e. The number of nitrogens with two attached hydrogens (primary N) is 2. The van der Waals surface area contributed by atoms with Gasteiger partial charge in [-0.2, -0.15) is 5.11 Å². The summed E-state index contributed by atoms with van der Waals surface area (Å²) in [6, 6.07) is -0.734. The van der Waals surface area contributed by atoms with E-state index in [0.717, 1.165) is 0 Å². The first-order valence-corrected chi connectivity index (χ1v) is 3.71. The van der Waals surface area contributed by atoms with Crippen molar-refractivity contribution in [2.75, 3.05) is 7.05 Å². The highest BCUT2D eigenvalue weighted by Crippen LogP contribution is 2.01. The van der Waals surface area contributed by atoms with Gasteiger partial charge < -0.3 is 16.9 Å². The van der Waals surface area contributed by atoms with Crippen molar-refractivity contribution in [1.82, 2.24) is 5.32 Å². The van der Waals surface area contributed by atoms with Crippen LogP contribution in [0, 0.1) is 0 Å². The van der Waals surface area contributed by atoms with Crippen molar-refractivity contribution in [3.8, 4) is 0 Å². The van der Waals surface area contributed by atoms with E-state index in [0.29, 0.717) is 0 Å². The van der Waals surface area contributed by atoms with E-state index >= 15 is 0 Å². The van der Waals surface area contributed by atoms with Gasteiger partial charge in [0.05, 0.1) is 0 Å². The number of hydrogen-bond acceptors (Lipinski definition) is 4. The summed E-state index contributed by atoms with van der Waals surface area (Å²) in [6.07, 6.45) is 0.298. The lowest BCUT2D eigenvalue weighted by atomic mass is 10.1. The van der Waals surface area contributed by atoms with Crippen molar-refractivity contribution in [1.29, 1.82) is 0 Å². The summed E-state index contributed by atoms with van der Waals surface area (Å²) in [4.78, 5) is 21.4. The fraction of sp³-hybridized carbons (Fsp3) is 0.667. The molecule has 1 unspecified atom stereocenters. The molecule has 0 bridgehead atoms. The average Bonchev–Trinajstić information content (AvgIpc) is 2.10. The van der Waals surface area contributed by atoms with Crippen LogP contribution in [0.3, 0.4) is 0 Å². The molecule has 0 aromatic carbocycles. The quantitative estimate of drug-likeness (QED) is 0.281. The van der Waals surface area contributed by atoms with Gasteiger partial charge >= 0.3 is 0 Å². The number of rotatable bonds is 5. The lowest BCUT2D eigenvalue weighted by Crippen LogP contribution is -2.31. The van der Waals surface area contributed by atoms with E-state index in [2.05, 4.69) is 15.7 Å². The molecule has 0 radical (unpaired) electrons. The second kappa shape index (κ2) is 5.92. The van der Waals surface area contributed by atoms with Crippen LogP contribution in [0.15, 0.2) is 10.3 Å². The molecule has 0 aliphatic carbocycles. The Morgan fingerprint density at radius 3 is 2.54 bits per heavy atom. The van der Waals surface area contributed by atoms with Gasteiger partial charge in [0, 0.05) is 13.5 Å². The Morgan fingerprint density at radius 1 is 1.54 bits per heavy atom. The van der Waals surface area contributed by atoms with Crippen molar-refractivity contribution >= 4 is 11.8 Å². The zero-order valence-corrected chi connectivity index (χ0v) is 7.36. The van der Waals surface area contributed by atoms with Gasteiger partial charge in [-0.3, -0.25) is 9.59 Å². The molecule has 0 saturated heterocycles. The first-order chi connectivity index (χ1) is 6.11. The van der Waals surface area contributed by atoms with Gasteiger partial charge in [0.25, 0.3) is 0 Å². The third-order valence-electron chi connectivity index (χ3n) is 1.42. The predicted octanol–water partition coefficient (Wildman–Crippen LogP) is -1.31. The van der Waals surface area contributed by atoms with Gasteiger partial charge in [-0.1, -0.05) is 5.22 Å². The second-order valence-electron chi connectivity index (χ2n) is 2.37. The number of likely N-dealkylation sites (N-methyl/N-ethyl adjacent to an activating group) is 1. The van der Waals surface area contributed by atoms with Gasteiger partial charge in [-0.05, 0) is 6.42 Å². The smallest absolute Gasteiger partial charge is 0.246 e. The first-order valence-electron chi connectivity index (χ1n) is 3.71. The Bertz CT molecular complexity index is 215. The van der Waals surface area contributed by atoms with Crippen LogP contribution < -0.4 is 16.9 Å². The van der Waals surface area contributed by atoms with Crippen LogP contribution in [0.4, 0.5) is 0 Å². The minimum Gasteiger partial charge on any atom is -0.370 e. The van der Waals surface area contributed by atoms with Gasteiger partial charge in [-0.15, -0.1) is 0 Å². The summed E-state index contributed by atoms with van der Waals surface area (Å²) in [7, 11) is 1.46. The molecule has 7 heteroatoms. The minimum atomic E-state index is -0.734. The summed E-state index contributed by atoms with van der Waals surface area (Å²) in [5.41, 5.74) is 4.90. The van der Waals surface area contributed by atoms with Crippen molar-refractivity contribution in [2.45, 2.75) is 18.9 Å². The first kappa shape index (κ1) is 11.3. The van der Waals surface area contributed by atoms with E-state index in [4.69, 9.17) is 11.6 Å². The number of nitrogens with one attached hydrogen (secondary N) is 1. The van der Waals surface area contributed by atoms with Crippen LogP contribution in [-0.2, 0) is 9.59 Å². The Hall–Kier alpha value is -1.66. The maximum absolute atomic E-state index is 11.0. The lowest BCUT2D eigenvalue weighted by molar-refractivity contribution is -0.122.